The largest absolute Gasteiger partial charge is 0.493 e. The Morgan fingerprint density at radius 1 is 0.839 bits per heavy atom. The number of esters is 1. The second-order valence-corrected chi connectivity index (χ2v) is 6.28. The standard InChI is InChI=1S/C23H21N3O5/c1-29-21-14-16(23(28)30-2)8-13-20(21)31-15-22(27)24-17-9-11-19(12-10-17)26-25-18-6-4-3-5-7-18/h3-14H,15H2,1-2H3,(H,24,27). The van der Waals surface area contributed by atoms with E-state index in [9.17, 15) is 9.59 Å². The van der Waals surface area contributed by atoms with E-state index < -0.39 is 5.97 Å². The smallest absolute Gasteiger partial charge is 0.337 e. The maximum atomic E-state index is 12.2. The fraction of sp³-hybridized carbons (Fsp3) is 0.130. The Kier molecular flexibility index (Phi) is 7.31. The summed E-state index contributed by atoms with van der Waals surface area (Å²) in [6.07, 6.45) is 0. The molecule has 0 radical (unpaired) electrons. The summed E-state index contributed by atoms with van der Waals surface area (Å²) in [5.74, 6) is -0.182. The van der Waals surface area contributed by atoms with Crippen molar-refractivity contribution in [2.45, 2.75) is 0 Å². The molecule has 0 saturated carbocycles. The predicted molar refractivity (Wildman–Crippen MR) is 116 cm³/mol. The molecule has 0 heterocycles. The first-order chi connectivity index (χ1) is 15.1. The summed E-state index contributed by atoms with van der Waals surface area (Å²) in [5, 5.41) is 11.0. The maximum absolute atomic E-state index is 12.2. The van der Waals surface area contributed by atoms with Gasteiger partial charge in [0.15, 0.2) is 18.1 Å². The van der Waals surface area contributed by atoms with Gasteiger partial charge in [0.05, 0.1) is 31.2 Å². The van der Waals surface area contributed by atoms with Crippen LogP contribution in [0, 0.1) is 0 Å². The van der Waals surface area contributed by atoms with Crippen LogP contribution in [-0.4, -0.2) is 32.7 Å². The van der Waals surface area contributed by atoms with E-state index in [-0.39, 0.29) is 12.5 Å². The highest BCUT2D eigenvalue weighted by molar-refractivity contribution is 5.92. The number of anilines is 1. The van der Waals surface area contributed by atoms with Crippen molar-refractivity contribution < 1.29 is 23.8 Å². The summed E-state index contributed by atoms with van der Waals surface area (Å²) >= 11 is 0. The van der Waals surface area contributed by atoms with Gasteiger partial charge in [-0.2, -0.15) is 10.2 Å². The van der Waals surface area contributed by atoms with Crippen LogP contribution in [0.15, 0.2) is 83.0 Å². The third-order valence-corrected chi connectivity index (χ3v) is 4.13. The van der Waals surface area contributed by atoms with Crippen LogP contribution in [0.5, 0.6) is 11.5 Å². The quantitative estimate of drug-likeness (QED) is 0.413. The molecule has 1 amide bonds. The molecular weight excluding hydrogens is 398 g/mol. The molecule has 1 N–H and O–H groups in total. The van der Waals surface area contributed by atoms with Crippen molar-refractivity contribution in [3.05, 3.63) is 78.4 Å². The lowest BCUT2D eigenvalue weighted by Gasteiger charge is -2.12. The number of nitrogens with zero attached hydrogens (tertiary/aromatic N) is 2. The maximum Gasteiger partial charge on any atom is 0.337 e. The van der Waals surface area contributed by atoms with E-state index in [0.717, 1.165) is 5.69 Å². The molecule has 8 heteroatoms. The molecule has 3 aromatic carbocycles. The third-order valence-electron chi connectivity index (χ3n) is 4.13. The van der Waals surface area contributed by atoms with Crippen LogP contribution in [0.1, 0.15) is 10.4 Å². The van der Waals surface area contributed by atoms with E-state index in [0.29, 0.717) is 28.4 Å². The van der Waals surface area contributed by atoms with Gasteiger partial charge in [0.2, 0.25) is 0 Å². The lowest BCUT2D eigenvalue weighted by molar-refractivity contribution is -0.118. The fourth-order valence-electron chi connectivity index (χ4n) is 2.59. The SMILES string of the molecule is COC(=O)c1ccc(OCC(=O)Nc2ccc(N=Nc3ccccc3)cc2)c(OC)c1. The number of benzene rings is 3. The molecule has 3 aromatic rings. The highest BCUT2D eigenvalue weighted by Gasteiger charge is 2.12. The molecule has 3 rings (SSSR count). The van der Waals surface area contributed by atoms with Crippen LogP contribution in [0.25, 0.3) is 0 Å². The van der Waals surface area contributed by atoms with Crippen molar-refractivity contribution in [2.24, 2.45) is 10.2 Å². The molecule has 0 aliphatic rings. The van der Waals surface area contributed by atoms with Crippen LogP contribution < -0.4 is 14.8 Å². The lowest BCUT2D eigenvalue weighted by Crippen LogP contribution is -2.20. The van der Waals surface area contributed by atoms with Crippen molar-refractivity contribution in [1.29, 1.82) is 0 Å². The van der Waals surface area contributed by atoms with Gasteiger partial charge in [-0.3, -0.25) is 4.79 Å². The molecule has 0 aliphatic carbocycles. The number of carbonyl (C=O) groups is 2. The van der Waals surface area contributed by atoms with Crippen molar-refractivity contribution in [3.63, 3.8) is 0 Å². The third kappa shape index (κ3) is 6.14. The van der Waals surface area contributed by atoms with E-state index in [1.54, 1.807) is 30.3 Å². The first-order valence-corrected chi connectivity index (χ1v) is 9.35. The summed E-state index contributed by atoms with van der Waals surface area (Å²) in [6, 6.07) is 20.9. The minimum atomic E-state index is -0.491. The van der Waals surface area contributed by atoms with Gasteiger partial charge in [-0.25, -0.2) is 4.79 Å². The zero-order valence-corrected chi connectivity index (χ0v) is 17.1. The zero-order valence-electron chi connectivity index (χ0n) is 17.1. The number of amides is 1. The van der Waals surface area contributed by atoms with Crippen LogP contribution in [0.3, 0.4) is 0 Å². The fourth-order valence-corrected chi connectivity index (χ4v) is 2.59. The Labute approximate surface area is 179 Å². The van der Waals surface area contributed by atoms with Crippen LogP contribution in [0.2, 0.25) is 0 Å². The number of nitrogens with one attached hydrogen (secondary N) is 1. The molecule has 8 nitrogen and oxygen atoms in total. The molecular formula is C23H21N3O5. The first-order valence-electron chi connectivity index (χ1n) is 9.35. The van der Waals surface area contributed by atoms with Crippen molar-refractivity contribution in [3.8, 4) is 11.5 Å². The Morgan fingerprint density at radius 3 is 2.16 bits per heavy atom. The molecule has 0 aliphatic heterocycles. The summed E-state index contributed by atoms with van der Waals surface area (Å²) in [7, 11) is 2.74. The Balaban J connectivity index is 1.55. The summed E-state index contributed by atoms with van der Waals surface area (Å²) < 4.78 is 15.4. The molecule has 31 heavy (non-hydrogen) atoms. The highest BCUT2D eigenvalue weighted by Crippen LogP contribution is 2.28. The summed E-state index contributed by atoms with van der Waals surface area (Å²) in [6.45, 7) is -0.233. The average Bonchev–Trinajstić information content (AvgIpc) is 2.82. The van der Waals surface area contributed by atoms with Gasteiger partial charge < -0.3 is 19.5 Å². The molecule has 0 saturated heterocycles. The van der Waals surface area contributed by atoms with Crippen LogP contribution in [0.4, 0.5) is 17.1 Å². The Hall–Kier alpha value is -4.20. The number of hydrogen-bond donors (Lipinski definition) is 1. The van der Waals surface area contributed by atoms with Gasteiger partial charge >= 0.3 is 5.97 Å². The number of carbonyl (C=O) groups excluding carboxylic acids is 2. The average molecular weight is 419 g/mol. The minimum absolute atomic E-state index is 0.233. The number of hydrogen-bond acceptors (Lipinski definition) is 7. The van der Waals surface area contributed by atoms with E-state index in [4.69, 9.17) is 9.47 Å². The van der Waals surface area contributed by atoms with Gasteiger partial charge in [0, 0.05) is 5.69 Å². The Bertz CT molecular complexity index is 1070. The molecule has 0 fully saturated rings. The summed E-state index contributed by atoms with van der Waals surface area (Å²) in [4.78, 5) is 23.8. The monoisotopic (exact) mass is 419 g/mol. The summed E-state index contributed by atoms with van der Waals surface area (Å²) in [5.41, 5.74) is 2.33. The number of rotatable bonds is 8. The minimum Gasteiger partial charge on any atom is -0.493 e. The second kappa shape index (κ2) is 10.5. The molecule has 0 spiro atoms. The molecule has 0 atom stereocenters. The number of ether oxygens (including phenoxy) is 3. The molecule has 0 bridgehead atoms. The van der Waals surface area contributed by atoms with Gasteiger partial charge in [-0.1, -0.05) is 18.2 Å². The van der Waals surface area contributed by atoms with Crippen molar-refractivity contribution in [1.82, 2.24) is 0 Å². The van der Waals surface area contributed by atoms with E-state index in [2.05, 4.69) is 20.3 Å². The number of methoxy groups -OCH3 is 2. The molecule has 0 unspecified atom stereocenters. The topological polar surface area (TPSA) is 98.6 Å². The second-order valence-electron chi connectivity index (χ2n) is 6.28. The van der Waals surface area contributed by atoms with Gasteiger partial charge in [0.25, 0.3) is 5.91 Å². The highest BCUT2D eigenvalue weighted by atomic mass is 16.5. The van der Waals surface area contributed by atoms with Crippen LogP contribution >= 0.6 is 0 Å². The predicted octanol–water partition coefficient (Wildman–Crippen LogP) is 4.91. The molecule has 158 valence electrons. The van der Waals surface area contributed by atoms with Gasteiger partial charge in [-0.05, 0) is 54.6 Å². The van der Waals surface area contributed by atoms with Gasteiger partial charge in [-0.15, -0.1) is 0 Å². The zero-order chi connectivity index (χ0) is 22.1. The van der Waals surface area contributed by atoms with E-state index in [1.807, 2.05) is 30.3 Å². The lowest BCUT2D eigenvalue weighted by atomic mass is 10.2. The van der Waals surface area contributed by atoms with Crippen LogP contribution in [-0.2, 0) is 9.53 Å². The number of azo groups is 1. The van der Waals surface area contributed by atoms with E-state index >= 15 is 0 Å². The van der Waals surface area contributed by atoms with E-state index in [1.165, 1.54) is 26.4 Å². The molecule has 0 aromatic heterocycles. The Morgan fingerprint density at radius 2 is 1.52 bits per heavy atom. The van der Waals surface area contributed by atoms with Crippen molar-refractivity contribution >= 4 is 28.9 Å². The van der Waals surface area contributed by atoms with Gasteiger partial charge in [0.1, 0.15) is 0 Å². The normalized spacial score (nSPS) is 10.5. The first kappa shape index (κ1) is 21.5. The van der Waals surface area contributed by atoms with Crippen molar-refractivity contribution in [2.75, 3.05) is 26.1 Å².